The number of rotatable bonds is 19. The van der Waals surface area contributed by atoms with E-state index >= 15 is 0 Å². The fourth-order valence-corrected chi connectivity index (χ4v) is 6.70. The predicted molar refractivity (Wildman–Crippen MR) is 214 cm³/mol. The highest BCUT2D eigenvalue weighted by molar-refractivity contribution is 7.07. The van der Waals surface area contributed by atoms with Crippen LogP contribution in [0.2, 0.25) is 0 Å². The van der Waals surface area contributed by atoms with Crippen LogP contribution >= 0.6 is 11.3 Å². The topological polar surface area (TPSA) is 131 Å². The van der Waals surface area contributed by atoms with Crippen molar-refractivity contribution in [3.05, 3.63) is 118 Å². The summed E-state index contributed by atoms with van der Waals surface area (Å²) in [5, 5.41) is 14.4. The first kappa shape index (κ1) is 40.0. The summed E-state index contributed by atoms with van der Waals surface area (Å²) in [7, 11) is 0. The van der Waals surface area contributed by atoms with Crippen LogP contribution in [0.3, 0.4) is 0 Å². The van der Waals surface area contributed by atoms with Crippen LogP contribution in [0.4, 0.5) is 0 Å². The molecule has 10 heteroatoms. The number of ether oxygens (including phenoxy) is 1. The highest BCUT2D eigenvalue weighted by Crippen LogP contribution is 2.26. The molecule has 0 aliphatic rings. The van der Waals surface area contributed by atoms with Crippen LogP contribution in [-0.2, 0) is 27.8 Å². The lowest BCUT2D eigenvalue weighted by molar-refractivity contribution is -0.142. The average Bonchev–Trinajstić information content (AvgIpc) is 3.69. The summed E-state index contributed by atoms with van der Waals surface area (Å²) in [6, 6.07) is 21.8. The van der Waals surface area contributed by atoms with Gasteiger partial charge in [-0.15, -0.1) is 11.3 Å². The van der Waals surface area contributed by atoms with E-state index in [1.165, 1.54) is 37.0 Å². The molecule has 282 valence electrons. The Morgan fingerprint density at radius 3 is 2.07 bits per heavy atom. The normalized spacial score (nSPS) is 12.5. The Balaban J connectivity index is 1.25. The maximum absolute atomic E-state index is 13.7. The van der Waals surface area contributed by atoms with Crippen LogP contribution in [0, 0.1) is 5.92 Å². The lowest BCUT2D eigenvalue weighted by atomic mass is 9.85. The molecule has 54 heavy (non-hydrogen) atoms. The highest BCUT2D eigenvalue weighted by Gasteiger charge is 2.28. The van der Waals surface area contributed by atoms with Crippen molar-refractivity contribution in [1.82, 2.24) is 20.3 Å². The Kier molecular flexibility index (Phi) is 14.2. The second kappa shape index (κ2) is 19.2. The van der Waals surface area contributed by atoms with Crippen molar-refractivity contribution in [3.8, 4) is 28.3 Å². The van der Waals surface area contributed by atoms with Crippen LogP contribution in [0.5, 0.6) is 5.75 Å². The van der Waals surface area contributed by atoms with E-state index < -0.39 is 23.8 Å². The van der Waals surface area contributed by atoms with Crippen molar-refractivity contribution < 1.29 is 24.2 Å². The van der Waals surface area contributed by atoms with Crippen molar-refractivity contribution in [1.29, 1.82) is 0 Å². The third kappa shape index (κ3) is 11.6. The standard InChI is InChI=1S/C44H50N4O5S/c1-5-6-7-8-9-22-53-38-20-16-31(17-21-38)35-26-45-41(46-27-35)33-12-10-30(11-13-33)23-34(24-40(49)32-14-18-36(19-15-32)44(2,3)4)42(50)48-39(43(51)52)25-37-28-54-29-47-37/h10-21,26-29,34,39H,5-9,22-25H2,1-4H3,(H,48,50)(H,51,52)/t34-,39?/m1/s1. The molecule has 1 unspecified atom stereocenters. The summed E-state index contributed by atoms with van der Waals surface area (Å²) >= 11 is 1.36. The second-order valence-corrected chi connectivity index (χ2v) is 15.4. The molecule has 0 aliphatic carbocycles. The molecule has 0 saturated heterocycles. The summed E-state index contributed by atoms with van der Waals surface area (Å²) in [4.78, 5) is 52.8. The summed E-state index contributed by atoms with van der Waals surface area (Å²) < 4.78 is 5.90. The number of aromatic nitrogens is 3. The number of benzene rings is 3. The van der Waals surface area contributed by atoms with Crippen LogP contribution in [0.15, 0.2) is 96.1 Å². The van der Waals surface area contributed by atoms with Crippen LogP contribution < -0.4 is 10.1 Å². The van der Waals surface area contributed by atoms with E-state index in [9.17, 15) is 19.5 Å². The zero-order valence-corrected chi connectivity index (χ0v) is 32.4. The van der Waals surface area contributed by atoms with Crippen LogP contribution in [-0.4, -0.2) is 50.4 Å². The minimum absolute atomic E-state index is 0.0476. The molecule has 2 aromatic heterocycles. The molecule has 5 aromatic rings. The molecule has 2 atom stereocenters. The number of thiazole rings is 1. The van der Waals surface area contributed by atoms with E-state index in [4.69, 9.17) is 4.74 Å². The van der Waals surface area contributed by atoms with Crippen molar-refractivity contribution in [2.45, 2.75) is 90.5 Å². The zero-order valence-electron chi connectivity index (χ0n) is 31.6. The smallest absolute Gasteiger partial charge is 0.326 e. The second-order valence-electron chi connectivity index (χ2n) is 14.7. The van der Waals surface area contributed by atoms with Gasteiger partial charge in [-0.2, -0.15) is 0 Å². The molecule has 1 amide bonds. The summed E-state index contributed by atoms with van der Waals surface area (Å²) in [5.41, 5.74) is 7.25. The first-order chi connectivity index (χ1) is 26.0. The summed E-state index contributed by atoms with van der Waals surface area (Å²) in [6.07, 6.45) is 9.79. The summed E-state index contributed by atoms with van der Waals surface area (Å²) in [6.45, 7) is 9.25. The monoisotopic (exact) mass is 746 g/mol. The van der Waals surface area contributed by atoms with E-state index in [0.29, 0.717) is 17.1 Å². The van der Waals surface area contributed by atoms with Crippen LogP contribution in [0.1, 0.15) is 93.4 Å². The SMILES string of the molecule is CCCCCCCOc1ccc(-c2cnc(-c3ccc(C[C@H](CC(=O)c4ccc(C(C)(C)C)cc4)C(=O)NC(Cc4cscn4)C(=O)O)cc3)nc2)cc1. The summed E-state index contributed by atoms with van der Waals surface area (Å²) in [5.74, 6) is -1.25. The van der Waals surface area contributed by atoms with E-state index in [1.54, 1.807) is 35.4 Å². The lowest BCUT2D eigenvalue weighted by Crippen LogP contribution is -2.45. The number of carboxylic acid groups (broad SMARTS) is 1. The number of carbonyl (C=O) groups excluding carboxylic acids is 2. The number of unbranched alkanes of at least 4 members (excludes halogenated alkanes) is 4. The molecule has 2 heterocycles. The number of hydrogen-bond acceptors (Lipinski definition) is 8. The van der Waals surface area contributed by atoms with Crippen molar-refractivity contribution in [2.75, 3.05) is 6.61 Å². The van der Waals surface area contributed by atoms with E-state index in [-0.39, 0.29) is 30.5 Å². The zero-order chi connectivity index (χ0) is 38.5. The van der Waals surface area contributed by atoms with Gasteiger partial charge in [0.25, 0.3) is 0 Å². The Labute approximate surface area is 322 Å². The highest BCUT2D eigenvalue weighted by atomic mass is 32.1. The Hall–Kier alpha value is -5.22. The van der Waals surface area contributed by atoms with Crippen molar-refractivity contribution >= 4 is 29.0 Å². The minimum atomic E-state index is -1.18. The molecule has 0 aliphatic heterocycles. The fourth-order valence-electron chi connectivity index (χ4n) is 6.13. The van der Waals surface area contributed by atoms with Gasteiger partial charge in [0.15, 0.2) is 11.6 Å². The number of nitrogens with one attached hydrogen (secondary N) is 1. The lowest BCUT2D eigenvalue weighted by Gasteiger charge is -2.21. The van der Waals surface area contributed by atoms with Crippen molar-refractivity contribution in [3.63, 3.8) is 0 Å². The molecular weight excluding hydrogens is 697 g/mol. The first-order valence-electron chi connectivity index (χ1n) is 18.7. The molecule has 2 N–H and O–H groups in total. The predicted octanol–water partition coefficient (Wildman–Crippen LogP) is 9.16. The Morgan fingerprint density at radius 2 is 1.46 bits per heavy atom. The molecule has 3 aromatic carbocycles. The van der Waals surface area contributed by atoms with E-state index in [2.05, 4.69) is 48.0 Å². The average molecular weight is 747 g/mol. The fraction of sp³-hybridized carbons (Fsp3) is 0.364. The van der Waals surface area contributed by atoms with Gasteiger partial charge in [-0.05, 0) is 47.1 Å². The minimum Gasteiger partial charge on any atom is -0.494 e. The number of amides is 1. The molecule has 5 rings (SSSR count). The molecule has 0 radical (unpaired) electrons. The van der Waals surface area contributed by atoms with Gasteiger partial charge in [-0.1, -0.05) is 114 Å². The van der Waals surface area contributed by atoms with E-state index in [1.807, 2.05) is 60.7 Å². The number of carboxylic acids is 1. The van der Waals surface area contributed by atoms with Gasteiger partial charge in [0, 0.05) is 53.2 Å². The number of carbonyl (C=O) groups is 3. The van der Waals surface area contributed by atoms with Crippen LogP contribution in [0.25, 0.3) is 22.5 Å². The molecular formula is C44H50N4O5S. The maximum atomic E-state index is 13.7. The molecule has 9 nitrogen and oxygen atoms in total. The molecule has 0 saturated carbocycles. The van der Waals surface area contributed by atoms with Gasteiger partial charge >= 0.3 is 5.97 Å². The van der Waals surface area contributed by atoms with Gasteiger partial charge in [0.2, 0.25) is 5.91 Å². The number of nitrogens with zero attached hydrogens (tertiary/aromatic N) is 3. The number of aliphatic carboxylic acids is 1. The Morgan fingerprint density at radius 1 is 0.796 bits per heavy atom. The van der Waals surface area contributed by atoms with E-state index in [0.717, 1.165) is 46.6 Å². The largest absolute Gasteiger partial charge is 0.494 e. The van der Waals surface area contributed by atoms with Gasteiger partial charge in [-0.25, -0.2) is 19.7 Å². The maximum Gasteiger partial charge on any atom is 0.326 e. The van der Waals surface area contributed by atoms with Gasteiger partial charge in [0.05, 0.1) is 17.8 Å². The third-order valence-corrected chi connectivity index (χ3v) is 10.1. The quantitative estimate of drug-likeness (QED) is 0.0632. The molecule has 0 bridgehead atoms. The van der Waals surface area contributed by atoms with Gasteiger partial charge in [0.1, 0.15) is 11.8 Å². The number of Topliss-reactive ketones (excluding diaryl/α,β-unsaturated/α-hetero) is 1. The number of hydrogen-bond donors (Lipinski definition) is 2. The molecule has 0 fully saturated rings. The molecule has 0 spiro atoms. The Bertz CT molecular complexity index is 1940. The van der Waals surface area contributed by atoms with Crippen molar-refractivity contribution in [2.24, 2.45) is 5.92 Å². The third-order valence-electron chi connectivity index (χ3n) is 9.44. The van der Waals surface area contributed by atoms with Gasteiger partial charge < -0.3 is 15.2 Å². The first-order valence-corrected chi connectivity index (χ1v) is 19.6. The van der Waals surface area contributed by atoms with Gasteiger partial charge in [-0.3, -0.25) is 9.59 Å². The number of ketones is 1.